The van der Waals surface area contributed by atoms with Gasteiger partial charge in [-0.1, -0.05) is 36.4 Å². The Morgan fingerprint density at radius 3 is 2.24 bits per heavy atom. The quantitative estimate of drug-likeness (QED) is 0.608. The number of nitrogens with zero attached hydrogens (tertiary/aromatic N) is 5. The molecule has 0 aliphatic carbocycles. The van der Waals surface area contributed by atoms with Crippen molar-refractivity contribution in [3.8, 4) is 5.69 Å². The van der Waals surface area contributed by atoms with Crippen LogP contribution in [0.2, 0.25) is 0 Å². The van der Waals surface area contributed by atoms with Gasteiger partial charge in [-0.25, -0.2) is 14.4 Å². The number of urea groups is 1. The van der Waals surface area contributed by atoms with Crippen LogP contribution in [-0.4, -0.2) is 51.3 Å². The molecule has 1 unspecified atom stereocenters. The van der Waals surface area contributed by atoms with Gasteiger partial charge in [0.2, 0.25) is 0 Å². The number of carbonyl (C=O) groups excluding carboxylic acids is 2. The fourth-order valence-corrected chi connectivity index (χ4v) is 3.55. The Labute approximate surface area is 169 Å². The number of aromatic nitrogens is 2. The normalized spacial score (nSPS) is 16.9. The summed E-state index contributed by atoms with van der Waals surface area (Å²) < 4.78 is 1.81. The molecule has 1 atom stereocenters. The van der Waals surface area contributed by atoms with Crippen molar-refractivity contribution in [2.24, 2.45) is 0 Å². The minimum atomic E-state index is -0.515. The van der Waals surface area contributed by atoms with Crippen molar-refractivity contribution in [3.05, 3.63) is 78.6 Å². The van der Waals surface area contributed by atoms with E-state index < -0.39 is 6.04 Å². The molecule has 29 heavy (non-hydrogen) atoms. The smallest absolute Gasteiger partial charge is 0.284 e. The number of imide groups is 1. The molecule has 0 radical (unpaired) electrons. The molecule has 0 saturated carbocycles. The molecule has 0 N–H and O–H groups in total. The second kappa shape index (κ2) is 7.89. The Balaban J connectivity index is 1.43. The SMILES string of the molecule is CC1C(=O)N(CN(C)Cc2cnn(-c3ccccc3)c2)C(=O)N1c1ccccc1. The summed E-state index contributed by atoms with van der Waals surface area (Å²) in [5.74, 6) is -0.189. The average molecular weight is 389 g/mol. The van der Waals surface area contributed by atoms with Crippen molar-refractivity contribution in [2.75, 3.05) is 18.6 Å². The number of carbonyl (C=O) groups is 2. The van der Waals surface area contributed by atoms with Gasteiger partial charge in [-0.05, 0) is 38.2 Å². The van der Waals surface area contributed by atoms with Gasteiger partial charge in [-0.3, -0.25) is 14.6 Å². The van der Waals surface area contributed by atoms with Crippen molar-refractivity contribution < 1.29 is 9.59 Å². The van der Waals surface area contributed by atoms with Crippen LogP contribution in [0.5, 0.6) is 0 Å². The molecule has 2 aromatic carbocycles. The maximum absolute atomic E-state index is 12.9. The topological polar surface area (TPSA) is 61.7 Å². The standard InChI is InChI=1S/C22H23N5O2/c1-17-21(28)25(22(29)27(17)20-11-7-4-8-12-20)16-24(2)14-18-13-23-26(15-18)19-9-5-3-6-10-19/h3-13,15,17H,14,16H2,1-2H3. The van der Waals surface area contributed by atoms with Crippen LogP contribution in [0.15, 0.2) is 73.1 Å². The zero-order chi connectivity index (χ0) is 20.4. The van der Waals surface area contributed by atoms with Gasteiger partial charge >= 0.3 is 6.03 Å². The molecule has 7 nitrogen and oxygen atoms in total. The first-order valence-corrected chi connectivity index (χ1v) is 9.52. The van der Waals surface area contributed by atoms with Gasteiger partial charge < -0.3 is 0 Å². The Hall–Kier alpha value is -3.45. The van der Waals surface area contributed by atoms with Crippen molar-refractivity contribution in [2.45, 2.75) is 19.5 Å². The summed E-state index contributed by atoms with van der Waals surface area (Å²) in [5.41, 5.74) is 2.72. The predicted octanol–water partition coefficient (Wildman–Crippen LogP) is 3.12. The summed E-state index contributed by atoms with van der Waals surface area (Å²) in [6.45, 7) is 2.56. The van der Waals surface area contributed by atoms with Crippen molar-refractivity contribution in [3.63, 3.8) is 0 Å². The van der Waals surface area contributed by atoms with Crippen LogP contribution in [0.1, 0.15) is 12.5 Å². The van der Waals surface area contributed by atoms with Gasteiger partial charge in [0, 0.05) is 24.0 Å². The number of benzene rings is 2. The molecule has 3 aromatic rings. The molecule has 0 bridgehead atoms. The van der Waals surface area contributed by atoms with E-state index in [2.05, 4.69) is 5.10 Å². The Bertz CT molecular complexity index is 1000. The number of rotatable bonds is 6. The summed E-state index contributed by atoms with van der Waals surface area (Å²) in [4.78, 5) is 30.4. The summed E-state index contributed by atoms with van der Waals surface area (Å²) in [6, 6.07) is 18.4. The summed E-state index contributed by atoms with van der Waals surface area (Å²) in [5, 5.41) is 4.40. The molecule has 1 aromatic heterocycles. The van der Waals surface area contributed by atoms with E-state index in [4.69, 9.17) is 0 Å². The van der Waals surface area contributed by atoms with Gasteiger partial charge in [0.05, 0.1) is 18.6 Å². The van der Waals surface area contributed by atoms with E-state index >= 15 is 0 Å². The summed E-state index contributed by atoms with van der Waals surface area (Å²) in [7, 11) is 1.89. The highest BCUT2D eigenvalue weighted by Gasteiger charge is 2.43. The van der Waals surface area contributed by atoms with E-state index in [1.165, 1.54) is 4.90 Å². The van der Waals surface area contributed by atoms with Gasteiger partial charge in [0.25, 0.3) is 5.91 Å². The molecule has 0 spiro atoms. The molecule has 1 aliphatic rings. The predicted molar refractivity (Wildman–Crippen MR) is 111 cm³/mol. The molecular formula is C22H23N5O2. The lowest BCUT2D eigenvalue weighted by Crippen LogP contribution is -2.40. The maximum atomic E-state index is 12.9. The van der Waals surface area contributed by atoms with Crippen LogP contribution in [-0.2, 0) is 11.3 Å². The second-order valence-corrected chi connectivity index (χ2v) is 7.21. The molecule has 4 rings (SSSR count). The highest BCUT2D eigenvalue weighted by atomic mass is 16.2. The van der Waals surface area contributed by atoms with Crippen molar-refractivity contribution in [1.82, 2.24) is 19.6 Å². The largest absolute Gasteiger partial charge is 0.333 e. The second-order valence-electron chi connectivity index (χ2n) is 7.21. The Morgan fingerprint density at radius 2 is 1.59 bits per heavy atom. The summed E-state index contributed by atoms with van der Waals surface area (Å²) >= 11 is 0. The lowest BCUT2D eigenvalue weighted by molar-refractivity contribution is -0.128. The van der Waals surface area contributed by atoms with Crippen LogP contribution >= 0.6 is 0 Å². The van der Waals surface area contributed by atoms with E-state index in [-0.39, 0.29) is 18.6 Å². The fourth-order valence-electron chi connectivity index (χ4n) is 3.55. The highest BCUT2D eigenvalue weighted by molar-refractivity contribution is 6.13. The number of hydrogen-bond donors (Lipinski definition) is 0. The van der Waals surface area contributed by atoms with E-state index in [1.807, 2.05) is 83.5 Å². The molecule has 3 amide bonds. The number of anilines is 1. The third-order valence-electron chi connectivity index (χ3n) is 4.97. The minimum absolute atomic E-state index is 0.189. The number of para-hydroxylation sites is 2. The van der Waals surface area contributed by atoms with Crippen LogP contribution in [0.25, 0.3) is 5.69 Å². The van der Waals surface area contributed by atoms with Crippen LogP contribution < -0.4 is 4.90 Å². The van der Waals surface area contributed by atoms with Gasteiger partial charge in [0.1, 0.15) is 6.04 Å². The third-order valence-corrected chi connectivity index (χ3v) is 4.97. The highest BCUT2D eigenvalue weighted by Crippen LogP contribution is 2.25. The van der Waals surface area contributed by atoms with Crippen molar-refractivity contribution in [1.29, 1.82) is 0 Å². The Kier molecular flexibility index (Phi) is 5.14. The van der Waals surface area contributed by atoms with E-state index in [1.54, 1.807) is 18.0 Å². The van der Waals surface area contributed by atoms with Gasteiger partial charge in [-0.15, -0.1) is 0 Å². The molecule has 1 saturated heterocycles. The first kappa shape index (κ1) is 18.9. The molecule has 1 aliphatic heterocycles. The van der Waals surface area contributed by atoms with Crippen LogP contribution in [0.3, 0.4) is 0 Å². The first-order chi connectivity index (χ1) is 14.0. The van der Waals surface area contributed by atoms with Gasteiger partial charge in [-0.2, -0.15) is 5.10 Å². The lowest BCUT2D eigenvalue weighted by atomic mass is 10.2. The Morgan fingerprint density at radius 1 is 0.966 bits per heavy atom. The van der Waals surface area contributed by atoms with Crippen molar-refractivity contribution >= 4 is 17.6 Å². The molecule has 1 fully saturated rings. The zero-order valence-electron chi connectivity index (χ0n) is 16.5. The monoisotopic (exact) mass is 389 g/mol. The molecule has 2 heterocycles. The minimum Gasteiger partial charge on any atom is -0.284 e. The van der Waals surface area contributed by atoms with E-state index in [0.29, 0.717) is 6.54 Å². The maximum Gasteiger partial charge on any atom is 0.333 e. The molecular weight excluding hydrogens is 366 g/mol. The first-order valence-electron chi connectivity index (χ1n) is 9.52. The van der Waals surface area contributed by atoms with E-state index in [9.17, 15) is 9.59 Å². The van der Waals surface area contributed by atoms with E-state index in [0.717, 1.165) is 16.9 Å². The zero-order valence-corrected chi connectivity index (χ0v) is 16.5. The fraction of sp³-hybridized carbons (Fsp3) is 0.227. The number of amides is 3. The number of hydrogen-bond acceptors (Lipinski definition) is 4. The third kappa shape index (κ3) is 3.77. The molecule has 148 valence electrons. The van der Waals surface area contributed by atoms with Crippen LogP contribution in [0, 0.1) is 0 Å². The average Bonchev–Trinajstić information content (AvgIpc) is 3.28. The lowest BCUT2D eigenvalue weighted by Gasteiger charge is -2.23. The molecule has 7 heteroatoms. The van der Waals surface area contributed by atoms with Crippen LogP contribution in [0.4, 0.5) is 10.5 Å². The summed E-state index contributed by atoms with van der Waals surface area (Å²) in [6.07, 6.45) is 3.76. The van der Waals surface area contributed by atoms with Gasteiger partial charge in [0.15, 0.2) is 0 Å².